The molecule has 9 nitrogen and oxygen atoms in total. The molecule has 0 aromatic heterocycles. The van der Waals surface area contributed by atoms with Crippen LogP contribution in [0.5, 0.6) is 0 Å². The summed E-state index contributed by atoms with van der Waals surface area (Å²) in [7, 11) is 0. The molecule has 2 rings (SSSR count). The third-order valence-corrected chi connectivity index (χ3v) is 3.72. The maximum absolute atomic E-state index is 11.7. The van der Waals surface area contributed by atoms with Crippen LogP contribution in [-0.4, -0.2) is 73.9 Å². The van der Waals surface area contributed by atoms with Crippen LogP contribution < -0.4 is 0 Å². The molecular weight excluding hydrogens is 348 g/mol. The Morgan fingerprint density at radius 1 is 1.19 bits per heavy atom. The first-order chi connectivity index (χ1) is 12.4. The molecule has 2 heterocycles. The lowest BCUT2D eigenvalue weighted by Gasteiger charge is -2.15. The van der Waals surface area contributed by atoms with Crippen molar-refractivity contribution in [3.05, 3.63) is 24.3 Å². The van der Waals surface area contributed by atoms with Crippen molar-refractivity contribution in [3.63, 3.8) is 0 Å². The number of ether oxygens (including phenoxy) is 5. The predicted octanol–water partition coefficient (Wildman–Crippen LogP) is -0.334. The molecule has 0 aromatic carbocycles. The van der Waals surface area contributed by atoms with Crippen LogP contribution in [-0.2, 0) is 38.1 Å². The largest absolute Gasteiger partial charge is 0.460 e. The van der Waals surface area contributed by atoms with E-state index in [-0.39, 0.29) is 31.0 Å². The summed E-state index contributed by atoms with van der Waals surface area (Å²) in [5.41, 5.74) is 0.192. The zero-order valence-electron chi connectivity index (χ0n) is 14.4. The Morgan fingerprint density at radius 3 is 2.62 bits per heavy atom. The van der Waals surface area contributed by atoms with Gasteiger partial charge in [0.05, 0.1) is 12.7 Å². The second kappa shape index (κ2) is 9.46. The minimum absolute atomic E-state index is 0.0535. The van der Waals surface area contributed by atoms with Crippen LogP contribution in [0.1, 0.15) is 13.3 Å². The average molecular weight is 370 g/mol. The van der Waals surface area contributed by atoms with E-state index in [4.69, 9.17) is 23.7 Å². The number of aliphatic hydroxyl groups is 1. The van der Waals surface area contributed by atoms with E-state index in [0.717, 1.165) is 18.6 Å². The minimum atomic E-state index is -1.19. The van der Waals surface area contributed by atoms with Crippen molar-refractivity contribution in [2.75, 3.05) is 26.4 Å². The van der Waals surface area contributed by atoms with E-state index in [1.165, 1.54) is 6.92 Å². The number of esters is 3. The highest BCUT2D eigenvalue weighted by atomic mass is 16.6. The van der Waals surface area contributed by atoms with Crippen molar-refractivity contribution in [3.8, 4) is 0 Å². The molecule has 4 unspecified atom stereocenters. The fourth-order valence-corrected chi connectivity index (χ4v) is 2.43. The first-order valence-corrected chi connectivity index (χ1v) is 8.16. The maximum Gasteiger partial charge on any atom is 0.333 e. The first kappa shape index (κ1) is 20.1. The Kier molecular flexibility index (Phi) is 7.31. The van der Waals surface area contributed by atoms with Gasteiger partial charge in [-0.1, -0.05) is 6.58 Å². The van der Waals surface area contributed by atoms with Gasteiger partial charge in [-0.05, 0) is 13.3 Å². The van der Waals surface area contributed by atoms with Crippen LogP contribution in [0.25, 0.3) is 0 Å². The number of hydrogen-bond acceptors (Lipinski definition) is 9. The zero-order valence-corrected chi connectivity index (χ0v) is 14.4. The molecule has 0 amide bonds. The number of fused-ring (bicyclic) bond motifs is 1. The predicted molar refractivity (Wildman–Crippen MR) is 85.9 cm³/mol. The molecule has 1 N–H and O–H groups in total. The summed E-state index contributed by atoms with van der Waals surface area (Å²) in [6, 6.07) is 0. The summed E-state index contributed by atoms with van der Waals surface area (Å²) in [5, 5.41) is 9.56. The van der Waals surface area contributed by atoms with Gasteiger partial charge in [-0.15, -0.1) is 0 Å². The summed E-state index contributed by atoms with van der Waals surface area (Å²) in [4.78, 5) is 34.4. The van der Waals surface area contributed by atoms with Crippen molar-refractivity contribution in [2.24, 2.45) is 0 Å². The van der Waals surface area contributed by atoms with E-state index in [1.54, 1.807) is 0 Å². The number of carbonyl (C=O) groups excluding carboxylic acids is 3. The molecule has 0 bridgehead atoms. The van der Waals surface area contributed by atoms with Crippen LogP contribution in [0.15, 0.2) is 24.3 Å². The Morgan fingerprint density at radius 2 is 1.88 bits per heavy atom. The molecule has 9 heteroatoms. The number of hydrogen-bond donors (Lipinski definition) is 1. The van der Waals surface area contributed by atoms with E-state index in [0.29, 0.717) is 6.61 Å². The second-order valence-corrected chi connectivity index (χ2v) is 5.97. The van der Waals surface area contributed by atoms with Crippen molar-refractivity contribution < 1.29 is 43.2 Å². The molecule has 2 fully saturated rings. The first-order valence-electron chi connectivity index (χ1n) is 8.16. The zero-order chi connectivity index (χ0) is 19.1. The smallest absolute Gasteiger partial charge is 0.333 e. The Hall–Kier alpha value is -2.23. The summed E-state index contributed by atoms with van der Waals surface area (Å²) in [6.07, 6.45) is 0.578. The highest BCUT2D eigenvalue weighted by Crippen LogP contribution is 2.28. The molecular formula is C17H22O9. The van der Waals surface area contributed by atoms with Gasteiger partial charge in [0.2, 0.25) is 0 Å². The fourth-order valence-electron chi connectivity index (χ4n) is 2.43. The van der Waals surface area contributed by atoms with Gasteiger partial charge in [0.15, 0.2) is 6.10 Å². The average Bonchev–Trinajstić information content (AvgIpc) is 3.21. The molecule has 2 saturated heterocycles. The topological polar surface area (TPSA) is 118 Å². The van der Waals surface area contributed by atoms with E-state index in [2.05, 4.69) is 6.58 Å². The second-order valence-electron chi connectivity index (χ2n) is 5.97. The van der Waals surface area contributed by atoms with E-state index in [9.17, 15) is 19.5 Å². The van der Waals surface area contributed by atoms with Gasteiger partial charge in [0, 0.05) is 24.3 Å². The summed E-state index contributed by atoms with van der Waals surface area (Å²) in [5.74, 6) is -2.21. The Labute approximate surface area is 150 Å². The van der Waals surface area contributed by atoms with Crippen LogP contribution in [0.4, 0.5) is 0 Å². The van der Waals surface area contributed by atoms with Crippen molar-refractivity contribution in [1.29, 1.82) is 0 Å². The SMILES string of the molecule is C=C(C)C(=O)OCC(O)COC(=O)/C=C\C(=O)OC1COC2CCOC21. The minimum Gasteiger partial charge on any atom is -0.460 e. The molecule has 4 atom stereocenters. The standard InChI is InChI=1S/C17H22O9/c1-10(2)17(21)25-8-11(18)7-24-14(19)3-4-15(20)26-13-9-23-12-5-6-22-16(12)13/h3-4,11-13,16,18H,1,5-9H2,2H3/b4-3-. The van der Waals surface area contributed by atoms with Gasteiger partial charge in [-0.3, -0.25) is 0 Å². The van der Waals surface area contributed by atoms with Crippen molar-refractivity contribution >= 4 is 17.9 Å². The van der Waals surface area contributed by atoms with Crippen LogP contribution >= 0.6 is 0 Å². The fraction of sp³-hybridized carbons (Fsp3) is 0.588. The Balaban J connectivity index is 1.64. The Bertz CT molecular complexity index is 583. The van der Waals surface area contributed by atoms with Gasteiger partial charge in [0.1, 0.15) is 25.4 Å². The van der Waals surface area contributed by atoms with E-state index >= 15 is 0 Å². The number of rotatable bonds is 8. The lowest BCUT2D eigenvalue weighted by atomic mass is 10.1. The molecule has 26 heavy (non-hydrogen) atoms. The van der Waals surface area contributed by atoms with Crippen molar-refractivity contribution in [1.82, 2.24) is 0 Å². The van der Waals surface area contributed by atoms with Gasteiger partial charge in [0.25, 0.3) is 0 Å². The lowest BCUT2D eigenvalue weighted by molar-refractivity contribution is -0.149. The molecule has 0 aliphatic carbocycles. The van der Waals surface area contributed by atoms with Crippen molar-refractivity contribution in [2.45, 2.75) is 37.8 Å². The molecule has 2 aliphatic rings. The van der Waals surface area contributed by atoms with Gasteiger partial charge in [-0.2, -0.15) is 0 Å². The molecule has 0 saturated carbocycles. The third-order valence-electron chi connectivity index (χ3n) is 3.72. The quantitative estimate of drug-likeness (QED) is 0.348. The highest BCUT2D eigenvalue weighted by molar-refractivity contribution is 5.91. The highest BCUT2D eigenvalue weighted by Gasteiger charge is 2.43. The van der Waals surface area contributed by atoms with E-state index < -0.39 is 36.7 Å². The number of aliphatic hydroxyl groups excluding tert-OH is 1. The lowest BCUT2D eigenvalue weighted by Crippen LogP contribution is -2.31. The van der Waals surface area contributed by atoms with Gasteiger partial charge >= 0.3 is 17.9 Å². The maximum atomic E-state index is 11.7. The molecule has 0 radical (unpaired) electrons. The van der Waals surface area contributed by atoms with Crippen LogP contribution in [0.2, 0.25) is 0 Å². The summed E-state index contributed by atoms with van der Waals surface area (Å²) in [6.45, 7) is 4.95. The molecule has 0 aromatic rings. The molecule has 0 spiro atoms. The summed E-state index contributed by atoms with van der Waals surface area (Å²) >= 11 is 0. The summed E-state index contributed by atoms with van der Waals surface area (Å²) < 4.78 is 25.5. The number of carbonyl (C=O) groups is 3. The van der Waals surface area contributed by atoms with E-state index in [1.807, 2.05) is 0 Å². The normalized spacial score (nSPS) is 25.5. The van der Waals surface area contributed by atoms with Crippen LogP contribution in [0, 0.1) is 0 Å². The van der Waals surface area contributed by atoms with Gasteiger partial charge in [-0.25, -0.2) is 14.4 Å². The van der Waals surface area contributed by atoms with Gasteiger partial charge < -0.3 is 28.8 Å². The molecule has 2 aliphatic heterocycles. The van der Waals surface area contributed by atoms with Crippen LogP contribution in [0.3, 0.4) is 0 Å². The monoisotopic (exact) mass is 370 g/mol. The molecule has 144 valence electrons. The third kappa shape index (κ3) is 5.94.